The van der Waals surface area contributed by atoms with E-state index in [-0.39, 0.29) is 41.3 Å². The Kier molecular flexibility index (Phi) is 6.04. The summed E-state index contributed by atoms with van der Waals surface area (Å²) in [5, 5.41) is 26.4. The fraction of sp³-hybridized carbons (Fsp3) is 0.348. The van der Waals surface area contributed by atoms with Crippen LogP contribution >= 0.6 is 0 Å². The highest BCUT2D eigenvalue weighted by atomic mass is 16.6. The number of carbonyl (C=O) groups is 2. The molecule has 2 unspecified atom stereocenters. The second-order valence-corrected chi connectivity index (χ2v) is 8.32. The molecule has 1 aromatic carbocycles. The number of aliphatic hydroxyl groups excluding tert-OH is 2. The van der Waals surface area contributed by atoms with Crippen LogP contribution in [-0.2, 0) is 9.53 Å². The molecule has 2 aromatic heterocycles. The summed E-state index contributed by atoms with van der Waals surface area (Å²) >= 11 is 0. The van der Waals surface area contributed by atoms with Gasteiger partial charge >= 0.3 is 0 Å². The zero-order valence-corrected chi connectivity index (χ0v) is 18.5. The number of hydrogen-bond donors (Lipinski definition) is 5. The first-order valence-corrected chi connectivity index (χ1v) is 11.1. The summed E-state index contributed by atoms with van der Waals surface area (Å²) < 4.78 is 7.08. The van der Waals surface area contributed by atoms with E-state index in [0.717, 1.165) is 12.8 Å². The largest absolute Gasteiger partial charge is 0.387 e. The highest BCUT2D eigenvalue weighted by Crippen LogP contribution is 2.33. The molecule has 2 fully saturated rings. The van der Waals surface area contributed by atoms with Gasteiger partial charge in [0.05, 0.1) is 12.9 Å². The van der Waals surface area contributed by atoms with Crippen LogP contribution in [0.4, 0.5) is 5.82 Å². The maximum atomic E-state index is 12.4. The van der Waals surface area contributed by atoms with Gasteiger partial charge in [-0.05, 0) is 30.9 Å². The summed E-state index contributed by atoms with van der Waals surface area (Å²) in [4.78, 5) is 37.2. The first-order chi connectivity index (χ1) is 16.9. The van der Waals surface area contributed by atoms with E-state index >= 15 is 0 Å². The van der Waals surface area contributed by atoms with Gasteiger partial charge < -0.3 is 31.3 Å². The molecule has 12 heteroatoms. The number of imidazole rings is 1. The number of anilines is 1. The Hall–Kier alpha value is -4.05. The van der Waals surface area contributed by atoms with Gasteiger partial charge in [-0.15, -0.1) is 0 Å². The smallest absolute Gasteiger partial charge is 0.252 e. The fourth-order valence-electron chi connectivity index (χ4n) is 3.74. The first-order valence-electron chi connectivity index (χ1n) is 11.1. The summed E-state index contributed by atoms with van der Waals surface area (Å²) in [5.74, 6) is 4.90. The third-order valence-corrected chi connectivity index (χ3v) is 5.72. The Balaban J connectivity index is 1.33. The van der Waals surface area contributed by atoms with Crippen molar-refractivity contribution in [3.63, 3.8) is 0 Å². The Labute approximate surface area is 199 Å². The van der Waals surface area contributed by atoms with Crippen molar-refractivity contribution in [1.82, 2.24) is 30.2 Å². The molecule has 6 N–H and O–H groups in total. The fourth-order valence-corrected chi connectivity index (χ4v) is 3.74. The Morgan fingerprint density at radius 3 is 2.69 bits per heavy atom. The van der Waals surface area contributed by atoms with Gasteiger partial charge in [0.2, 0.25) is 5.82 Å². The van der Waals surface area contributed by atoms with Crippen LogP contribution in [0.15, 0.2) is 36.7 Å². The van der Waals surface area contributed by atoms with Crippen LogP contribution in [0.2, 0.25) is 0 Å². The Morgan fingerprint density at radius 2 is 1.94 bits per heavy atom. The lowest BCUT2D eigenvalue weighted by Crippen LogP contribution is -2.43. The molecule has 3 heterocycles. The lowest BCUT2D eigenvalue weighted by molar-refractivity contribution is -0.137. The molecule has 4 atom stereocenters. The minimum atomic E-state index is -1.43. The molecule has 1 saturated heterocycles. The number of ether oxygens (including phenoxy) is 1. The van der Waals surface area contributed by atoms with Crippen molar-refractivity contribution in [3.8, 4) is 11.8 Å². The number of nitrogens with zero attached hydrogens (tertiary/aromatic N) is 4. The summed E-state index contributed by atoms with van der Waals surface area (Å²) in [6.07, 6.45) is -2.09. The molecule has 1 aliphatic heterocycles. The van der Waals surface area contributed by atoms with Crippen LogP contribution < -0.4 is 16.4 Å². The molecule has 0 bridgehead atoms. The van der Waals surface area contributed by atoms with E-state index in [2.05, 4.69) is 37.4 Å². The molecule has 180 valence electrons. The van der Waals surface area contributed by atoms with E-state index in [1.807, 2.05) is 6.07 Å². The van der Waals surface area contributed by atoms with E-state index in [1.54, 1.807) is 24.3 Å². The molecule has 12 nitrogen and oxygen atoms in total. The molecule has 5 rings (SSSR count). The third kappa shape index (κ3) is 4.65. The normalized spacial score (nSPS) is 23.5. The van der Waals surface area contributed by atoms with Crippen LogP contribution in [0.3, 0.4) is 0 Å². The van der Waals surface area contributed by atoms with Crippen molar-refractivity contribution >= 4 is 28.8 Å². The monoisotopic (exact) mass is 477 g/mol. The van der Waals surface area contributed by atoms with Gasteiger partial charge in [-0.25, -0.2) is 15.0 Å². The molecule has 2 amide bonds. The van der Waals surface area contributed by atoms with Gasteiger partial charge in [0.15, 0.2) is 23.8 Å². The number of hydrogen-bond acceptors (Lipinski definition) is 9. The molecule has 2 aliphatic rings. The van der Waals surface area contributed by atoms with E-state index in [0.29, 0.717) is 5.56 Å². The Bertz CT molecular complexity index is 1330. The predicted molar refractivity (Wildman–Crippen MR) is 122 cm³/mol. The van der Waals surface area contributed by atoms with E-state index in [1.165, 1.54) is 10.9 Å². The van der Waals surface area contributed by atoms with Crippen molar-refractivity contribution in [2.75, 3.05) is 12.3 Å². The van der Waals surface area contributed by atoms with Crippen LogP contribution in [-0.4, -0.2) is 72.4 Å². The van der Waals surface area contributed by atoms with Gasteiger partial charge in [-0.2, -0.15) is 0 Å². The number of nitrogens with two attached hydrogens (primary N) is 1. The van der Waals surface area contributed by atoms with Crippen LogP contribution in [0.5, 0.6) is 0 Å². The molecule has 0 spiro atoms. The maximum Gasteiger partial charge on any atom is 0.252 e. The zero-order chi connectivity index (χ0) is 24.5. The van der Waals surface area contributed by atoms with E-state index < -0.39 is 30.4 Å². The molecule has 1 saturated carbocycles. The van der Waals surface area contributed by atoms with Gasteiger partial charge in [0, 0.05) is 11.6 Å². The highest BCUT2D eigenvalue weighted by Gasteiger charge is 2.48. The van der Waals surface area contributed by atoms with Gasteiger partial charge in [0.25, 0.3) is 11.8 Å². The summed E-state index contributed by atoms with van der Waals surface area (Å²) in [5.41, 5.74) is 7.00. The lowest BCUT2D eigenvalue weighted by atomic mass is 10.1. The van der Waals surface area contributed by atoms with E-state index in [4.69, 9.17) is 10.5 Å². The number of carbonyl (C=O) groups excluding carboxylic acids is 2. The van der Waals surface area contributed by atoms with Crippen molar-refractivity contribution in [2.45, 2.75) is 43.4 Å². The SMILES string of the molecule is Nc1nc(C#CCNC(=O)c2ccccc2)nc2c1ncn2C1OC(C(=O)NC2CC2)[C@@H](O)[C@H]1O. The number of rotatable bonds is 5. The predicted octanol–water partition coefficient (Wildman–Crippen LogP) is -0.912. The summed E-state index contributed by atoms with van der Waals surface area (Å²) in [7, 11) is 0. The first kappa shape index (κ1) is 22.7. The molecule has 0 radical (unpaired) electrons. The van der Waals surface area contributed by atoms with Gasteiger partial charge in [-0.1, -0.05) is 24.1 Å². The second-order valence-electron chi connectivity index (χ2n) is 8.32. The van der Waals surface area contributed by atoms with Gasteiger partial charge in [0.1, 0.15) is 17.7 Å². The summed E-state index contributed by atoms with van der Waals surface area (Å²) in [6, 6.07) is 8.81. The molecular weight excluding hydrogens is 454 g/mol. The lowest BCUT2D eigenvalue weighted by Gasteiger charge is -2.16. The standard InChI is InChI=1S/C23H23N7O5/c24-19-15-20(29-14(28-19)7-4-10-25-21(33)12-5-2-1-3-6-12)30(11-26-15)23-17(32)16(31)18(35-23)22(34)27-13-8-9-13/h1-3,5-6,11,13,16-18,23,31-32H,8-10H2,(H,25,33)(H,27,34)(H2,24,28,29)/t16-,17+,18?,23?/m0/s1. The van der Waals surface area contributed by atoms with Crippen molar-refractivity contribution in [1.29, 1.82) is 0 Å². The molecule has 35 heavy (non-hydrogen) atoms. The minimum Gasteiger partial charge on any atom is -0.387 e. The number of aromatic nitrogens is 4. The molecule has 3 aromatic rings. The van der Waals surface area contributed by atoms with E-state index in [9.17, 15) is 19.8 Å². The molecular formula is C23H23N7O5. The number of benzene rings is 1. The highest BCUT2D eigenvalue weighted by molar-refractivity contribution is 5.94. The number of amides is 2. The average Bonchev–Trinajstić information content (AvgIpc) is 3.49. The van der Waals surface area contributed by atoms with Crippen molar-refractivity contribution in [2.24, 2.45) is 0 Å². The zero-order valence-electron chi connectivity index (χ0n) is 18.5. The van der Waals surface area contributed by atoms with Gasteiger partial charge in [-0.3, -0.25) is 14.2 Å². The number of fused-ring (bicyclic) bond motifs is 1. The van der Waals surface area contributed by atoms with Crippen LogP contribution in [0.1, 0.15) is 35.3 Å². The Morgan fingerprint density at radius 1 is 1.17 bits per heavy atom. The number of nitrogens with one attached hydrogen (secondary N) is 2. The van der Waals surface area contributed by atoms with Crippen molar-refractivity contribution < 1.29 is 24.5 Å². The quantitative estimate of drug-likeness (QED) is 0.291. The minimum absolute atomic E-state index is 0.0578. The maximum absolute atomic E-state index is 12.4. The topological polar surface area (TPSA) is 178 Å². The van der Waals surface area contributed by atoms with Crippen LogP contribution in [0, 0.1) is 11.8 Å². The number of aliphatic hydroxyl groups is 2. The average molecular weight is 477 g/mol. The van der Waals surface area contributed by atoms with Crippen LogP contribution in [0.25, 0.3) is 11.2 Å². The molecule has 1 aliphatic carbocycles. The number of nitrogen functional groups attached to an aromatic ring is 1. The third-order valence-electron chi connectivity index (χ3n) is 5.72. The second kappa shape index (κ2) is 9.30. The summed E-state index contributed by atoms with van der Waals surface area (Å²) in [6.45, 7) is 0.0583. The van der Waals surface area contributed by atoms with Crippen molar-refractivity contribution in [3.05, 3.63) is 48.0 Å².